The molecule has 0 radical (unpaired) electrons. The van der Waals surface area contributed by atoms with Crippen LogP contribution in [0.2, 0.25) is 0 Å². The van der Waals surface area contributed by atoms with Crippen molar-refractivity contribution in [2.75, 3.05) is 11.4 Å². The second-order valence-corrected chi connectivity index (χ2v) is 5.93. The van der Waals surface area contributed by atoms with Crippen molar-refractivity contribution in [2.45, 2.75) is 25.8 Å². The zero-order chi connectivity index (χ0) is 13.4. The van der Waals surface area contributed by atoms with E-state index in [0.29, 0.717) is 12.3 Å². The molecule has 0 bridgehead atoms. The van der Waals surface area contributed by atoms with E-state index >= 15 is 0 Å². The molecule has 1 aliphatic heterocycles. The van der Waals surface area contributed by atoms with E-state index in [1.54, 1.807) is 11.3 Å². The monoisotopic (exact) mass is 277 g/mol. The zero-order valence-electron chi connectivity index (χ0n) is 10.6. The molecule has 3 heterocycles. The summed E-state index contributed by atoms with van der Waals surface area (Å²) in [4.78, 5) is 21.9. The maximum atomic E-state index is 11.5. The summed E-state index contributed by atoms with van der Waals surface area (Å²) in [5.41, 5.74) is 0.887. The molecule has 1 N–H and O–H groups in total. The molecule has 3 rings (SSSR count). The van der Waals surface area contributed by atoms with Crippen LogP contribution in [0.5, 0.6) is 0 Å². The molecule has 0 aromatic carbocycles. The standard InChI is InChI=1S/C13H15N3O2S/c1-8-2-4-16(10(6-8)13(17)18)12-11-9(3-5-19-11)14-7-15-12/h3,5,7-8,10H,2,4,6H2,1H3,(H,17,18). The minimum absolute atomic E-state index is 0.443. The Morgan fingerprint density at radius 2 is 2.37 bits per heavy atom. The van der Waals surface area contributed by atoms with E-state index in [1.807, 2.05) is 16.3 Å². The van der Waals surface area contributed by atoms with E-state index in [2.05, 4.69) is 16.9 Å². The molecule has 6 heteroatoms. The van der Waals surface area contributed by atoms with Crippen LogP contribution in [-0.2, 0) is 4.79 Å². The van der Waals surface area contributed by atoms with Gasteiger partial charge in [-0.3, -0.25) is 0 Å². The summed E-state index contributed by atoms with van der Waals surface area (Å²) in [6, 6.07) is 1.46. The first-order chi connectivity index (χ1) is 9.16. The summed E-state index contributed by atoms with van der Waals surface area (Å²) in [6.07, 6.45) is 3.19. The summed E-state index contributed by atoms with van der Waals surface area (Å²) in [5.74, 6) is 0.437. The summed E-state index contributed by atoms with van der Waals surface area (Å²) < 4.78 is 0.975. The number of nitrogens with zero attached hydrogens (tertiary/aromatic N) is 3. The number of hydrogen-bond acceptors (Lipinski definition) is 5. The molecule has 2 aromatic heterocycles. The Kier molecular flexibility index (Phi) is 3.10. The van der Waals surface area contributed by atoms with Gasteiger partial charge in [-0.1, -0.05) is 6.92 Å². The first kappa shape index (κ1) is 12.3. The molecule has 0 aliphatic carbocycles. The van der Waals surface area contributed by atoms with Crippen molar-refractivity contribution < 1.29 is 9.90 Å². The average molecular weight is 277 g/mol. The van der Waals surface area contributed by atoms with Crippen LogP contribution in [0, 0.1) is 5.92 Å². The molecule has 2 atom stereocenters. The summed E-state index contributed by atoms with van der Waals surface area (Å²) in [7, 11) is 0. The highest BCUT2D eigenvalue weighted by molar-refractivity contribution is 7.17. The maximum absolute atomic E-state index is 11.5. The third-order valence-corrected chi connectivity index (χ3v) is 4.55. The molecule has 0 saturated carbocycles. The van der Waals surface area contributed by atoms with Gasteiger partial charge in [-0.25, -0.2) is 14.8 Å². The number of anilines is 1. The molecule has 19 heavy (non-hydrogen) atoms. The van der Waals surface area contributed by atoms with Crippen LogP contribution in [0.1, 0.15) is 19.8 Å². The summed E-state index contributed by atoms with van der Waals surface area (Å²) in [6.45, 7) is 2.84. The quantitative estimate of drug-likeness (QED) is 0.913. The summed E-state index contributed by atoms with van der Waals surface area (Å²) >= 11 is 1.56. The van der Waals surface area contributed by atoms with Crippen molar-refractivity contribution in [1.82, 2.24) is 9.97 Å². The molecule has 5 nitrogen and oxygen atoms in total. The predicted octanol–water partition coefficient (Wildman–Crippen LogP) is 2.38. The molecule has 1 saturated heterocycles. The van der Waals surface area contributed by atoms with Crippen LogP contribution in [0.4, 0.5) is 5.82 Å². The van der Waals surface area contributed by atoms with Gasteiger partial charge in [0.05, 0.1) is 10.2 Å². The normalized spacial score (nSPS) is 23.7. The van der Waals surface area contributed by atoms with Gasteiger partial charge in [-0.15, -0.1) is 11.3 Å². The van der Waals surface area contributed by atoms with E-state index in [0.717, 1.165) is 29.0 Å². The molecule has 100 valence electrons. The number of carbonyl (C=O) groups is 1. The largest absolute Gasteiger partial charge is 0.480 e. The smallest absolute Gasteiger partial charge is 0.326 e. The number of hydrogen-bond donors (Lipinski definition) is 1. The van der Waals surface area contributed by atoms with Crippen LogP contribution in [0.15, 0.2) is 17.8 Å². The number of piperidine rings is 1. The highest BCUT2D eigenvalue weighted by atomic mass is 32.1. The molecule has 1 aliphatic rings. The van der Waals surface area contributed by atoms with Crippen LogP contribution in [0.25, 0.3) is 10.2 Å². The molecule has 0 spiro atoms. The van der Waals surface area contributed by atoms with Gasteiger partial charge in [-0.05, 0) is 30.2 Å². The van der Waals surface area contributed by atoms with Crippen molar-refractivity contribution in [3.63, 3.8) is 0 Å². The molecule has 2 unspecified atom stereocenters. The number of fused-ring (bicyclic) bond motifs is 1. The van der Waals surface area contributed by atoms with Crippen LogP contribution >= 0.6 is 11.3 Å². The summed E-state index contributed by atoms with van der Waals surface area (Å²) in [5, 5.41) is 11.4. The van der Waals surface area contributed by atoms with E-state index in [9.17, 15) is 9.90 Å². The van der Waals surface area contributed by atoms with Gasteiger partial charge in [0.25, 0.3) is 0 Å². The number of aliphatic carboxylic acids is 1. The highest BCUT2D eigenvalue weighted by Crippen LogP contribution is 2.33. The first-order valence-electron chi connectivity index (χ1n) is 6.34. The molecule has 2 aromatic rings. The lowest BCUT2D eigenvalue weighted by molar-refractivity contribution is -0.139. The Bertz CT molecular complexity index is 613. The fourth-order valence-electron chi connectivity index (χ4n) is 2.61. The Morgan fingerprint density at radius 3 is 3.16 bits per heavy atom. The highest BCUT2D eigenvalue weighted by Gasteiger charge is 2.33. The van der Waals surface area contributed by atoms with Gasteiger partial charge < -0.3 is 10.0 Å². The average Bonchev–Trinajstić information content (AvgIpc) is 2.86. The maximum Gasteiger partial charge on any atom is 0.326 e. The SMILES string of the molecule is CC1CCN(c2ncnc3ccsc23)C(C(=O)O)C1. The molecule has 1 fully saturated rings. The lowest BCUT2D eigenvalue weighted by Crippen LogP contribution is -2.47. The van der Waals surface area contributed by atoms with Gasteiger partial charge in [0.15, 0.2) is 5.82 Å². The fraction of sp³-hybridized carbons (Fsp3) is 0.462. The number of rotatable bonds is 2. The number of aromatic nitrogens is 2. The van der Waals surface area contributed by atoms with Crippen LogP contribution < -0.4 is 4.90 Å². The van der Waals surface area contributed by atoms with Crippen molar-refractivity contribution in [3.05, 3.63) is 17.8 Å². The lowest BCUT2D eigenvalue weighted by atomic mass is 9.92. The third-order valence-electron chi connectivity index (χ3n) is 3.65. The zero-order valence-corrected chi connectivity index (χ0v) is 11.4. The number of carboxylic acids is 1. The predicted molar refractivity (Wildman–Crippen MR) is 74.6 cm³/mol. The van der Waals surface area contributed by atoms with Gasteiger partial charge >= 0.3 is 5.97 Å². The Balaban J connectivity index is 2.04. The first-order valence-corrected chi connectivity index (χ1v) is 7.22. The molecular formula is C13H15N3O2S. The van der Waals surface area contributed by atoms with Gasteiger partial charge in [-0.2, -0.15) is 0 Å². The third kappa shape index (κ3) is 2.16. The minimum Gasteiger partial charge on any atom is -0.480 e. The number of carboxylic acid groups (broad SMARTS) is 1. The van der Waals surface area contributed by atoms with Crippen molar-refractivity contribution in [2.24, 2.45) is 5.92 Å². The topological polar surface area (TPSA) is 66.3 Å². The Labute approximate surface area is 114 Å². The van der Waals surface area contributed by atoms with Crippen molar-refractivity contribution >= 4 is 33.3 Å². The van der Waals surface area contributed by atoms with E-state index < -0.39 is 12.0 Å². The van der Waals surface area contributed by atoms with Gasteiger partial charge in [0.1, 0.15) is 12.4 Å². The van der Waals surface area contributed by atoms with Crippen LogP contribution in [-0.4, -0.2) is 33.6 Å². The second kappa shape index (κ2) is 4.77. The van der Waals surface area contributed by atoms with Crippen molar-refractivity contribution in [1.29, 1.82) is 0 Å². The van der Waals surface area contributed by atoms with Crippen LogP contribution in [0.3, 0.4) is 0 Å². The lowest BCUT2D eigenvalue weighted by Gasteiger charge is -2.36. The van der Waals surface area contributed by atoms with Crippen molar-refractivity contribution in [3.8, 4) is 0 Å². The van der Waals surface area contributed by atoms with Gasteiger partial charge in [0.2, 0.25) is 0 Å². The second-order valence-electron chi connectivity index (χ2n) is 5.01. The Morgan fingerprint density at radius 1 is 1.53 bits per heavy atom. The minimum atomic E-state index is -0.769. The van der Waals surface area contributed by atoms with E-state index in [4.69, 9.17) is 0 Å². The van der Waals surface area contributed by atoms with E-state index in [1.165, 1.54) is 6.33 Å². The van der Waals surface area contributed by atoms with E-state index in [-0.39, 0.29) is 0 Å². The Hall–Kier alpha value is -1.69. The molecular weight excluding hydrogens is 262 g/mol. The van der Waals surface area contributed by atoms with Gasteiger partial charge in [0, 0.05) is 6.54 Å². The fourth-order valence-corrected chi connectivity index (χ4v) is 3.46. The number of thiophene rings is 1. The molecule has 0 amide bonds.